The van der Waals surface area contributed by atoms with Crippen molar-refractivity contribution in [3.63, 3.8) is 0 Å². The Kier molecular flexibility index (Phi) is 2.98. The first-order valence-electron chi connectivity index (χ1n) is 6.27. The van der Waals surface area contributed by atoms with Crippen LogP contribution in [0.3, 0.4) is 0 Å². The summed E-state index contributed by atoms with van der Waals surface area (Å²) in [6, 6.07) is 3.77. The molecule has 0 aliphatic carbocycles. The number of aryl methyl sites for hydroxylation is 2. The molecule has 0 bridgehead atoms. The van der Waals surface area contributed by atoms with Crippen molar-refractivity contribution in [2.75, 3.05) is 12.4 Å². The number of nitrogens with one attached hydrogen (secondary N) is 1. The molecule has 0 aliphatic rings. The molecule has 102 valence electrons. The molecule has 0 aliphatic heterocycles. The third kappa shape index (κ3) is 2.16. The lowest BCUT2D eigenvalue weighted by molar-refractivity contribution is 0.535. The summed E-state index contributed by atoms with van der Waals surface area (Å²) in [5, 5.41) is 7.23. The van der Waals surface area contributed by atoms with E-state index in [1.807, 2.05) is 39.3 Å². The Morgan fingerprint density at radius 1 is 1.30 bits per heavy atom. The first-order chi connectivity index (χ1) is 9.67. The van der Waals surface area contributed by atoms with Crippen LogP contribution in [0, 0.1) is 6.92 Å². The van der Waals surface area contributed by atoms with Crippen LogP contribution in [0.25, 0.3) is 22.6 Å². The Balaban J connectivity index is 2.15. The molecule has 0 fully saturated rings. The summed E-state index contributed by atoms with van der Waals surface area (Å²) < 4.78 is 7.07. The van der Waals surface area contributed by atoms with Crippen molar-refractivity contribution in [3.8, 4) is 22.6 Å². The van der Waals surface area contributed by atoms with E-state index in [-0.39, 0.29) is 0 Å². The van der Waals surface area contributed by atoms with Crippen LogP contribution in [-0.2, 0) is 7.05 Å². The van der Waals surface area contributed by atoms with Gasteiger partial charge in [0.25, 0.3) is 0 Å². The molecule has 6 nitrogen and oxygen atoms in total. The maximum absolute atomic E-state index is 5.33. The van der Waals surface area contributed by atoms with Gasteiger partial charge in [-0.1, -0.05) is 0 Å². The summed E-state index contributed by atoms with van der Waals surface area (Å²) in [6.07, 6.45) is 5.35. The van der Waals surface area contributed by atoms with E-state index in [1.165, 1.54) is 0 Å². The van der Waals surface area contributed by atoms with Crippen molar-refractivity contribution in [1.82, 2.24) is 19.7 Å². The minimum Gasteiger partial charge on any atom is -0.469 e. The fourth-order valence-corrected chi connectivity index (χ4v) is 2.01. The first-order valence-corrected chi connectivity index (χ1v) is 6.27. The Bertz CT molecular complexity index is 744. The highest BCUT2D eigenvalue weighted by molar-refractivity contribution is 5.67. The first kappa shape index (κ1) is 12.4. The molecular formula is C14H15N5O. The average Bonchev–Trinajstić information content (AvgIpc) is 3.07. The topological polar surface area (TPSA) is 68.8 Å². The highest BCUT2D eigenvalue weighted by Crippen LogP contribution is 2.26. The number of aromatic nitrogens is 4. The average molecular weight is 269 g/mol. The molecule has 0 saturated heterocycles. The van der Waals surface area contributed by atoms with Crippen LogP contribution < -0.4 is 5.32 Å². The Hall–Kier alpha value is -2.63. The van der Waals surface area contributed by atoms with Crippen molar-refractivity contribution in [2.24, 2.45) is 7.05 Å². The summed E-state index contributed by atoms with van der Waals surface area (Å²) >= 11 is 0. The highest BCUT2D eigenvalue weighted by atomic mass is 16.3. The van der Waals surface area contributed by atoms with Crippen LogP contribution in [0.15, 0.2) is 35.2 Å². The van der Waals surface area contributed by atoms with Crippen LogP contribution in [0.5, 0.6) is 0 Å². The number of hydrogen-bond acceptors (Lipinski definition) is 5. The lowest BCUT2D eigenvalue weighted by Crippen LogP contribution is -1.98. The van der Waals surface area contributed by atoms with E-state index in [2.05, 4.69) is 20.4 Å². The molecule has 1 N–H and O–H groups in total. The molecule has 20 heavy (non-hydrogen) atoms. The quantitative estimate of drug-likeness (QED) is 0.791. The van der Waals surface area contributed by atoms with Crippen LogP contribution in [0.1, 0.15) is 5.76 Å². The molecule has 3 aromatic heterocycles. The predicted octanol–water partition coefficient (Wildman–Crippen LogP) is 2.49. The van der Waals surface area contributed by atoms with Gasteiger partial charge in [0.15, 0.2) is 5.82 Å². The SMILES string of the molecule is CNc1cc(-c2cnn(C)c2)nc(-c2ccoc2C)n1. The molecule has 0 radical (unpaired) electrons. The molecule has 0 aromatic carbocycles. The van der Waals surface area contributed by atoms with Gasteiger partial charge in [0.2, 0.25) is 0 Å². The summed E-state index contributed by atoms with van der Waals surface area (Å²) in [6.45, 7) is 1.90. The minimum absolute atomic E-state index is 0.641. The van der Waals surface area contributed by atoms with Gasteiger partial charge in [-0.3, -0.25) is 4.68 Å². The lowest BCUT2D eigenvalue weighted by Gasteiger charge is -2.06. The zero-order valence-corrected chi connectivity index (χ0v) is 11.6. The lowest BCUT2D eigenvalue weighted by atomic mass is 10.2. The summed E-state index contributed by atoms with van der Waals surface area (Å²) in [5.74, 6) is 2.20. The smallest absolute Gasteiger partial charge is 0.165 e. The molecule has 0 atom stereocenters. The van der Waals surface area contributed by atoms with Crippen LogP contribution in [-0.4, -0.2) is 26.8 Å². The van der Waals surface area contributed by atoms with Gasteiger partial charge >= 0.3 is 0 Å². The monoisotopic (exact) mass is 269 g/mol. The zero-order chi connectivity index (χ0) is 14.1. The Labute approximate surface area is 116 Å². The number of anilines is 1. The minimum atomic E-state index is 0.641. The predicted molar refractivity (Wildman–Crippen MR) is 76.2 cm³/mol. The normalized spacial score (nSPS) is 10.8. The van der Waals surface area contributed by atoms with E-state index in [4.69, 9.17) is 4.42 Å². The number of furan rings is 1. The van der Waals surface area contributed by atoms with E-state index in [9.17, 15) is 0 Å². The zero-order valence-electron chi connectivity index (χ0n) is 11.6. The Morgan fingerprint density at radius 2 is 2.15 bits per heavy atom. The maximum Gasteiger partial charge on any atom is 0.165 e. The van der Waals surface area contributed by atoms with E-state index in [1.54, 1.807) is 17.1 Å². The maximum atomic E-state index is 5.33. The third-order valence-electron chi connectivity index (χ3n) is 3.08. The van der Waals surface area contributed by atoms with Gasteiger partial charge < -0.3 is 9.73 Å². The number of nitrogens with zero attached hydrogens (tertiary/aromatic N) is 4. The third-order valence-corrected chi connectivity index (χ3v) is 3.08. The van der Waals surface area contributed by atoms with Gasteiger partial charge in [-0.05, 0) is 13.0 Å². The second kappa shape index (κ2) is 4.80. The molecule has 0 unspecified atom stereocenters. The fraction of sp³-hybridized carbons (Fsp3) is 0.214. The molecule has 0 saturated carbocycles. The van der Waals surface area contributed by atoms with E-state index >= 15 is 0 Å². The summed E-state index contributed by atoms with van der Waals surface area (Å²) in [4.78, 5) is 9.08. The largest absolute Gasteiger partial charge is 0.469 e. The van der Waals surface area contributed by atoms with Crippen LogP contribution >= 0.6 is 0 Å². The second-order valence-corrected chi connectivity index (χ2v) is 4.51. The molecule has 3 heterocycles. The molecule has 6 heteroatoms. The Morgan fingerprint density at radius 3 is 2.75 bits per heavy atom. The van der Waals surface area contributed by atoms with Gasteiger partial charge in [0.1, 0.15) is 11.6 Å². The molecule has 0 amide bonds. The fourth-order valence-electron chi connectivity index (χ4n) is 2.01. The van der Waals surface area contributed by atoms with Gasteiger partial charge in [-0.2, -0.15) is 5.10 Å². The standard InChI is InChI=1S/C14H15N5O/c1-9-11(4-5-20-9)14-17-12(6-13(15-2)18-14)10-7-16-19(3)8-10/h4-8H,1-3H3,(H,15,17,18). The number of hydrogen-bond donors (Lipinski definition) is 1. The van der Waals surface area contributed by atoms with Gasteiger partial charge in [-0.25, -0.2) is 9.97 Å². The van der Waals surface area contributed by atoms with Crippen molar-refractivity contribution in [3.05, 3.63) is 36.5 Å². The van der Waals surface area contributed by atoms with Crippen molar-refractivity contribution in [1.29, 1.82) is 0 Å². The van der Waals surface area contributed by atoms with E-state index in [0.717, 1.165) is 28.4 Å². The van der Waals surface area contributed by atoms with Crippen LogP contribution in [0.2, 0.25) is 0 Å². The molecular weight excluding hydrogens is 254 g/mol. The van der Waals surface area contributed by atoms with Crippen molar-refractivity contribution in [2.45, 2.75) is 6.92 Å². The number of rotatable bonds is 3. The van der Waals surface area contributed by atoms with Gasteiger partial charge in [0.05, 0.1) is 23.7 Å². The molecule has 0 spiro atoms. The summed E-state index contributed by atoms with van der Waals surface area (Å²) in [5.41, 5.74) is 2.68. The second-order valence-electron chi connectivity index (χ2n) is 4.51. The van der Waals surface area contributed by atoms with Crippen molar-refractivity contribution < 1.29 is 4.42 Å². The molecule has 3 aromatic rings. The van der Waals surface area contributed by atoms with Gasteiger partial charge in [-0.15, -0.1) is 0 Å². The van der Waals surface area contributed by atoms with E-state index in [0.29, 0.717) is 5.82 Å². The van der Waals surface area contributed by atoms with E-state index < -0.39 is 0 Å². The molecule has 3 rings (SSSR count). The van der Waals surface area contributed by atoms with Crippen LogP contribution in [0.4, 0.5) is 5.82 Å². The highest BCUT2D eigenvalue weighted by Gasteiger charge is 2.12. The summed E-state index contributed by atoms with van der Waals surface area (Å²) in [7, 11) is 3.71. The van der Waals surface area contributed by atoms with Gasteiger partial charge in [0, 0.05) is 31.9 Å². The van der Waals surface area contributed by atoms with Crippen molar-refractivity contribution >= 4 is 5.82 Å².